The van der Waals surface area contributed by atoms with E-state index >= 15 is 0 Å². The van der Waals surface area contributed by atoms with Crippen molar-refractivity contribution in [2.75, 3.05) is 41.0 Å². The lowest BCUT2D eigenvalue weighted by Crippen LogP contribution is -2.37. The topological polar surface area (TPSA) is 118 Å². The Bertz CT molecular complexity index is 783. The smallest absolute Gasteiger partial charge is 0.410 e. The molecule has 1 aromatic rings. The number of Topliss-reactive ketones (excluding diaryl/α,β-unsaturated/α-hetero) is 1. The number of carbonyl (C=O) groups excluding carboxylic acids is 4. The number of amides is 1. The molecule has 10 nitrogen and oxygen atoms in total. The zero-order valence-corrected chi connectivity index (χ0v) is 18.0. The van der Waals surface area contributed by atoms with E-state index in [1.807, 2.05) is 0 Å². The summed E-state index contributed by atoms with van der Waals surface area (Å²) in [5.74, 6) is -1.48. The highest BCUT2D eigenvalue weighted by Crippen LogP contribution is 2.29. The van der Waals surface area contributed by atoms with Crippen LogP contribution in [0.3, 0.4) is 0 Å². The van der Waals surface area contributed by atoms with Gasteiger partial charge in [0.15, 0.2) is 30.5 Å². The molecule has 0 aliphatic carbocycles. The van der Waals surface area contributed by atoms with Gasteiger partial charge in [0.2, 0.25) is 0 Å². The van der Waals surface area contributed by atoms with E-state index < -0.39 is 36.0 Å². The lowest BCUT2D eigenvalue weighted by Gasteiger charge is -2.24. The number of carbonyl (C=O) groups is 4. The molecule has 0 N–H and O–H groups in total. The largest absolute Gasteiger partial charge is 0.478 e. The Morgan fingerprint density at radius 3 is 1.93 bits per heavy atom. The van der Waals surface area contributed by atoms with E-state index in [0.29, 0.717) is 0 Å². The highest BCUT2D eigenvalue weighted by atomic mass is 16.6. The Kier molecular flexibility index (Phi) is 9.10. The predicted molar refractivity (Wildman–Crippen MR) is 105 cm³/mol. The van der Waals surface area contributed by atoms with Crippen LogP contribution in [-0.4, -0.2) is 75.3 Å². The van der Waals surface area contributed by atoms with Crippen molar-refractivity contribution in [1.82, 2.24) is 4.90 Å². The van der Waals surface area contributed by atoms with Gasteiger partial charge in [0, 0.05) is 12.6 Å². The molecule has 0 atom stereocenters. The van der Waals surface area contributed by atoms with Crippen LogP contribution in [0.5, 0.6) is 11.5 Å². The minimum absolute atomic E-state index is 0.0510. The summed E-state index contributed by atoms with van der Waals surface area (Å²) in [6, 6.07) is 4.21. The van der Waals surface area contributed by atoms with Crippen molar-refractivity contribution < 1.29 is 42.9 Å². The molecular formula is C20H27NO9. The summed E-state index contributed by atoms with van der Waals surface area (Å²) < 4.78 is 24.9. The molecule has 166 valence electrons. The van der Waals surface area contributed by atoms with Gasteiger partial charge >= 0.3 is 18.0 Å². The van der Waals surface area contributed by atoms with E-state index in [1.54, 1.807) is 20.8 Å². The summed E-state index contributed by atoms with van der Waals surface area (Å²) in [5.41, 5.74) is -0.488. The number of methoxy groups -OCH3 is 2. The summed E-state index contributed by atoms with van der Waals surface area (Å²) >= 11 is 0. The molecule has 1 aromatic carbocycles. The Morgan fingerprint density at radius 2 is 1.43 bits per heavy atom. The third kappa shape index (κ3) is 8.38. The third-order valence-corrected chi connectivity index (χ3v) is 3.50. The number of hydrogen-bond acceptors (Lipinski definition) is 9. The van der Waals surface area contributed by atoms with E-state index in [4.69, 9.17) is 14.2 Å². The summed E-state index contributed by atoms with van der Waals surface area (Å²) in [6.07, 6.45) is -0.643. The molecule has 0 aliphatic rings. The average Bonchev–Trinajstić information content (AvgIpc) is 2.68. The molecule has 0 heterocycles. The second-order valence-corrected chi connectivity index (χ2v) is 7.15. The Labute approximate surface area is 175 Å². The van der Waals surface area contributed by atoms with Crippen LogP contribution >= 0.6 is 0 Å². The zero-order chi connectivity index (χ0) is 22.9. The lowest BCUT2D eigenvalue weighted by atomic mass is 10.1. The van der Waals surface area contributed by atoms with E-state index in [9.17, 15) is 19.2 Å². The van der Waals surface area contributed by atoms with Gasteiger partial charge in [-0.1, -0.05) is 0 Å². The molecule has 0 bridgehead atoms. The summed E-state index contributed by atoms with van der Waals surface area (Å²) in [6.45, 7) is 4.10. The van der Waals surface area contributed by atoms with Gasteiger partial charge in [-0.3, -0.25) is 4.79 Å². The number of ketones is 1. The van der Waals surface area contributed by atoms with E-state index in [-0.39, 0.29) is 30.2 Å². The first-order chi connectivity index (χ1) is 14.0. The fourth-order valence-electron chi connectivity index (χ4n) is 2.02. The predicted octanol–water partition coefficient (Wildman–Crippen LogP) is 1.84. The van der Waals surface area contributed by atoms with Crippen molar-refractivity contribution in [2.24, 2.45) is 0 Å². The van der Waals surface area contributed by atoms with Gasteiger partial charge in [-0.15, -0.1) is 0 Å². The van der Waals surface area contributed by atoms with Crippen molar-refractivity contribution in [3.63, 3.8) is 0 Å². The van der Waals surface area contributed by atoms with Crippen molar-refractivity contribution in [2.45, 2.75) is 26.4 Å². The molecule has 1 rings (SSSR count). The number of likely N-dealkylation sites (N-methyl/N-ethyl adjacent to an activating group) is 1. The molecule has 0 aliphatic heterocycles. The molecule has 0 saturated heterocycles. The fraction of sp³-hybridized carbons (Fsp3) is 0.500. The monoisotopic (exact) mass is 425 g/mol. The molecule has 0 spiro atoms. The summed E-state index contributed by atoms with van der Waals surface area (Å²) in [7, 11) is 3.85. The van der Waals surface area contributed by atoms with Gasteiger partial charge in [0.1, 0.15) is 5.60 Å². The Hall–Kier alpha value is -3.30. The number of nitrogens with zero attached hydrogens (tertiary/aromatic N) is 1. The van der Waals surface area contributed by atoms with Gasteiger partial charge in [-0.25, -0.2) is 14.4 Å². The number of esters is 2. The van der Waals surface area contributed by atoms with Crippen LogP contribution in [-0.2, 0) is 23.8 Å². The molecule has 0 aromatic heterocycles. The molecule has 1 amide bonds. The lowest BCUT2D eigenvalue weighted by molar-refractivity contribution is -0.144. The molecule has 0 saturated carbocycles. The minimum Gasteiger partial charge on any atom is -0.478 e. The van der Waals surface area contributed by atoms with Crippen LogP contribution in [0.2, 0.25) is 0 Å². The van der Waals surface area contributed by atoms with Crippen LogP contribution in [0, 0.1) is 0 Å². The minimum atomic E-state index is -0.693. The molecule has 0 fully saturated rings. The van der Waals surface area contributed by atoms with Crippen LogP contribution in [0.15, 0.2) is 18.2 Å². The highest BCUT2D eigenvalue weighted by Gasteiger charge is 2.22. The van der Waals surface area contributed by atoms with Gasteiger partial charge in [-0.05, 0) is 39.0 Å². The molecule has 10 heteroatoms. The second-order valence-electron chi connectivity index (χ2n) is 7.15. The number of ether oxygens (including phenoxy) is 5. The highest BCUT2D eigenvalue weighted by molar-refractivity contribution is 5.99. The molecule has 0 unspecified atom stereocenters. The number of hydrogen-bond donors (Lipinski definition) is 0. The SMILES string of the molecule is COC(=O)COc1ccc(C(=O)CN(C)C(=O)OC(C)(C)C)cc1OCC(=O)OC. The fourth-order valence-corrected chi connectivity index (χ4v) is 2.02. The van der Waals surface area contributed by atoms with Crippen LogP contribution in [0.25, 0.3) is 0 Å². The maximum Gasteiger partial charge on any atom is 0.410 e. The summed E-state index contributed by atoms with van der Waals surface area (Å²) in [5, 5.41) is 0. The first kappa shape index (κ1) is 24.7. The van der Waals surface area contributed by atoms with Gasteiger partial charge in [-0.2, -0.15) is 0 Å². The first-order valence-corrected chi connectivity index (χ1v) is 8.97. The zero-order valence-electron chi connectivity index (χ0n) is 18.0. The van der Waals surface area contributed by atoms with Crippen molar-refractivity contribution in [3.05, 3.63) is 23.8 Å². The van der Waals surface area contributed by atoms with E-state index in [2.05, 4.69) is 9.47 Å². The molecular weight excluding hydrogens is 398 g/mol. The Balaban J connectivity index is 2.97. The van der Waals surface area contributed by atoms with Gasteiger partial charge in [0.05, 0.1) is 20.8 Å². The first-order valence-electron chi connectivity index (χ1n) is 8.97. The normalized spacial score (nSPS) is 10.6. The second kappa shape index (κ2) is 11.0. The van der Waals surface area contributed by atoms with Crippen molar-refractivity contribution in [3.8, 4) is 11.5 Å². The standard InChI is InChI=1S/C20H27NO9/c1-20(2,3)30-19(25)21(4)10-14(22)13-7-8-15(28-11-17(23)26-5)16(9-13)29-12-18(24)27-6/h7-9H,10-12H2,1-6H3. The quantitative estimate of drug-likeness (QED) is 0.332. The number of rotatable bonds is 9. The van der Waals surface area contributed by atoms with Gasteiger partial charge < -0.3 is 28.6 Å². The van der Waals surface area contributed by atoms with Crippen LogP contribution in [0.1, 0.15) is 31.1 Å². The molecule has 30 heavy (non-hydrogen) atoms. The molecule has 0 radical (unpaired) electrons. The third-order valence-electron chi connectivity index (χ3n) is 3.50. The average molecular weight is 425 g/mol. The van der Waals surface area contributed by atoms with Crippen LogP contribution in [0.4, 0.5) is 4.79 Å². The maximum atomic E-state index is 12.6. The van der Waals surface area contributed by atoms with E-state index in [1.165, 1.54) is 39.5 Å². The van der Waals surface area contributed by atoms with Crippen molar-refractivity contribution >= 4 is 23.8 Å². The maximum absolute atomic E-state index is 12.6. The number of benzene rings is 1. The van der Waals surface area contributed by atoms with Gasteiger partial charge in [0.25, 0.3) is 0 Å². The van der Waals surface area contributed by atoms with Crippen molar-refractivity contribution in [1.29, 1.82) is 0 Å². The summed E-state index contributed by atoms with van der Waals surface area (Å²) in [4.78, 5) is 48.5. The van der Waals surface area contributed by atoms with Crippen LogP contribution < -0.4 is 9.47 Å². The Morgan fingerprint density at radius 1 is 0.900 bits per heavy atom. The van der Waals surface area contributed by atoms with E-state index in [0.717, 1.165) is 4.90 Å².